The summed E-state index contributed by atoms with van der Waals surface area (Å²) in [6.07, 6.45) is -0.498. The minimum atomic E-state index is -0.881. The van der Waals surface area contributed by atoms with Crippen LogP contribution in [-0.2, 0) is 9.53 Å². The second-order valence-electron chi connectivity index (χ2n) is 5.49. The summed E-state index contributed by atoms with van der Waals surface area (Å²) in [5.74, 6) is -1.00. The predicted octanol–water partition coefficient (Wildman–Crippen LogP) is 3.59. The van der Waals surface area contributed by atoms with E-state index >= 15 is 0 Å². The molecule has 0 heterocycles. The van der Waals surface area contributed by atoms with E-state index in [0.717, 1.165) is 0 Å². The Hall–Kier alpha value is -1.77. The van der Waals surface area contributed by atoms with Gasteiger partial charge in [0.05, 0.1) is 10.6 Å². The van der Waals surface area contributed by atoms with E-state index in [1.54, 1.807) is 0 Å². The molecule has 1 aromatic rings. The van der Waals surface area contributed by atoms with Gasteiger partial charge < -0.3 is 10.1 Å². The third-order valence-corrected chi connectivity index (χ3v) is 3.50. The number of benzene rings is 1. The van der Waals surface area contributed by atoms with Gasteiger partial charge in [-0.3, -0.25) is 4.79 Å². The molecule has 0 spiro atoms. The van der Waals surface area contributed by atoms with Crippen LogP contribution in [0.5, 0.6) is 0 Å². The van der Waals surface area contributed by atoms with Crippen molar-refractivity contribution < 1.29 is 14.3 Å². The molecular weight excluding hydrogens is 339 g/mol. The quantitative estimate of drug-likeness (QED) is 0.789. The third-order valence-electron chi connectivity index (χ3n) is 2.95. The normalized spacial score (nSPS) is 13.1. The Morgan fingerprint density at radius 2 is 1.96 bits per heavy atom. The summed E-state index contributed by atoms with van der Waals surface area (Å²) in [4.78, 5) is 24.4. The van der Waals surface area contributed by atoms with Crippen LogP contribution in [0.1, 0.15) is 37.6 Å². The molecule has 0 aliphatic rings. The summed E-state index contributed by atoms with van der Waals surface area (Å²) in [7, 11) is 0. The van der Waals surface area contributed by atoms with Gasteiger partial charge in [-0.2, -0.15) is 5.26 Å². The Morgan fingerprint density at radius 1 is 1.30 bits per heavy atom. The predicted molar refractivity (Wildman–Crippen MR) is 88.3 cm³/mol. The second-order valence-corrected chi connectivity index (χ2v) is 6.33. The molecule has 0 aliphatic heterocycles. The summed E-state index contributed by atoms with van der Waals surface area (Å²) in [5, 5.41) is 11.9. The molecule has 1 aromatic carbocycles. The number of halogens is 2. The van der Waals surface area contributed by atoms with E-state index in [9.17, 15) is 9.59 Å². The van der Waals surface area contributed by atoms with E-state index in [0.29, 0.717) is 11.4 Å². The van der Waals surface area contributed by atoms with Gasteiger partial charge in [-0.1, -0.05) is 37.0 Å². The number of ether oxygens (including phenoxy) is 1. The maximum atomic E-state index is 12.3. The summed E-state index contributed by atoms with van der Waals surface area (Å²) < 4.78 is 4.98. The van der Waals surface area contributed by atoms with Crippen LogP contribution in [-0.4, -0.2) is 24.0 Å². The Morgan fingerprint density at radius 3 is 2.48 bits per heavy atom. The minimum Gasteiger partial charge on any atom is -0.446 e. The highest BCUT2D eigenvalue weighted by atomic mass is 35.5. The Kier molecular flexibility index (Phi) is 7.34. The van der Waals surface area contributed by atoms with E-state index in [1.807, 2.05) is 19.9 Å². The zero-order valence-electron chi connectivity index (χ0n) is 13.1. The van der Waals surface area contributed by atoms with E-state index < -0.39 is 24.0 Å². The first-order valence-corrected chi connectivity index (χ1v) is 7.86. The van der Waals surface area contributed by atoms with Gasteiger partial charge in [0.15, 0.2) is 6.10 Å². The first-order chi connectivity index (χ1) is 10.7. The number of nitrogens with zero attached hydrogens (tertiary/aromatic N) is 1. The van der Waals surface area contributed by atoms with Crippen molar-refractivity contribution in [3.05, 3.63) is 33.8 Å². The van der Waals surface area contributed by atoms with Crippen LogP contribution in [0.15, 0.2) is 18.2 Å². The van der Waals surface area contributed by atoms with Crippen LogP contribution >= 0.6 is 23.2 Å². The van der Waals surface area contributed by atoms with Crippen molar-refractivity contribution in [3.63, 3.8) is 0 Å². The zero-order valence-corrected chi connectivity index (χ0v) is 14.6. The fourth-order valence-corrected chi connectivity index (χ4v) is 2.37. The lowest BCUT2D eigenvalue weighted by atomic mass is 10.0. The lowest BCUT2D eigenvalue weighted by Crippen LogP contribution is -2.43. The highest BCUT2D eigenvalue weighted by Crippen LogP contribution is 2.21. The molecule has 0 unspecified atom stereocenters. The molecule has 0 bridgehead atoms. The molecule has 5 nitrogen and oxygen atoms in total. The molecular formula is C16H18Cl2N2O3. The Balaban J connectivity index is 2.90. The van der Waals surface area contributed by atoms with Crippen molar-refractivity contribution in [1.29, 1.82) is 5.26 Å². The smallest absolute Gasteiger partial charge is 0.329 e. The number of hydrogen-bond acceptors (Lipinski definition) is 4. The maximum Gasteiger partial charge on any atom is 0.329 e. The minimum absolute atomic E-state index is 0.144. The average Bonchev–Trinajstić information content (AvgIpc) is 2.45. The van der Waals surface area contributed by atoms with Crippen molar-refractivity contribution in [1.82, 2.24) is 5.32 Å². The van der Waals surface area contributed by atoms with Gasteiger partial charge in [0.25, 0.3) is 5.91 Å². The molecule has 0 radical (unpaired) electrons. The van der Waals surface area contributed by atoms with Crippen LogP contribution in [0.2, 0.25) is 10.0 Å². The largest absolute Gasteiger partial charge is 0.446 e. The number of carbonyl (C=O) groups excluding carboxylic acids is 2. The summed E-state index contributed by atoms with van der Waals surface area (Å²) in [6, 6.07) is 5.43. The van der Waals surface area contributed by atoms with Crippen molar-refractivity contribution in [2.45, 2.75) is 39.3 Å². The molecule has 2 atom stereocenters. The molecule has 1 amide bonds. The molecule has 0 saturated heterocycles. The number of carbonyl (C=O) groups is 2. The number of nitriles is 1. The number of amides is 1. The average molecular weight is 357 g/mol. The van der Waals surface area contributed by atoms with E-state index in [2.05, 4.69) is 5.32 Å². The number of hydrogen-bond donors (Lipinski definition) is 1. The van der Waals surface area contributed by atoms with Crippen molar-refractivity contribution in [2.24, 2.45) is 5.92 Å². The van der Waals surface area contributed by atoms with Crippen LogP contribution in [0.4, 0.5) is 0 Å². The van der Waals surface area contributed by atoms with Gasteiger partial charge in [-0.05, 0) is 37.5 Å². The van der Waals surface area contributed by atoms with Gasteiger partial charge >= 0.3 is 5.97 Å². The number of rotatable bonds is 6. The zero-order chi connectivity index (χ0) is 17.6. The van der Waals surface area contributed by atoms with Gasteiger partial charge in [-0.25, -0.2) is 4.79 Å². The fourth-order valence-electron chi connectivity index (χ4n) is 1.88. The molecule has 0 saturated carbocycles. The molecule has 0 aromatic heterocycles. The topological polar surface area (TPSA) is 79.2 Å². The molecule has 23 heavy (non-hydrogen) atoms. The van der Waals surface area contributed by atoms with Crippen molar-refractivity contribution in [2.75, 3.05) is 0 Å². The Labute approximate surface area is 145 Å². The SMILES string of the molecule is CC(C)C[C@@H](NC(=O)c1ccc(Cl)cc1Cl)C(=O)O[C@H](C)C#N. The summed E-state index contributed by atoms with van der Waals surface area (Å²) in [6.45, 7) is 5.28. The first kappa shape index (κ1) is 19.3. The molecule has 1 rings (SSSR count). The van der Waals surface area contributed by atoms with Crippen LogP contribution < -0.4 is 5.32 Å². The van der Waals surface area contributed by atoms with Crippen LogP contribution in [0, 0.1) is 17.2 Å². The third kappa shape index (κ3) is 6.09. The number of nitrogens with one attached hydrogen (secondary N) is 1. The molecule has 0 aliphatic carbocycles. The number of esters is 1. The summed E-state index contributed by atoms with van der Waals surface area (Å²) >= 11 is 11.8. The lowest BCUT2D eigenvalue weighted by molar-refractivity contribution is -0.148. The highest BCUT2D eigenvalue weighted by Gasteiger charge is 2.26. The van der Waals surface area contributed by atoms with Crippen LogP contribution in [0.3, 0.4) is 0 Å². The summed E-state index contributed by atoms with van der Waals surface area (Å²) in [5.41, 5.74) is 0.214. The van der Waals surface area contributed by atoms with Crippen LogP contribution in [0.25, 0.3) is 0 Å². The molecule has 0 fully saturated rings. The standard InChI is InChI=1S/C16H18Cl2N2O3/c1-9(2)6-14(16(22)23-10(3)8-19)20-15(21)12-5-4-11(17)7-13(12)18/h4-5,7,9-10,14H,6H2,1-3H3,(H,20,21)/t10-,14-/m1/s1. The fraction of sp³-hybridized carbons (Fsp3) is 0.438. The second kappa shape index (κ2) is 8.76. The van der Waals surface area contributed by atoms with Gasteiger partial charge in [0.2, 0.25) is 0 Å². The first-order valence-electron chi connectivity index (χ1n) is 7.10. The van der Waals surface area contributed by atoms with Gasteiger partial charge in [0, 0.05) is 5.02 Å². The highest BCUT2D eigenvalue weighted by molar-refractivity contribution is 6.36. The lowest BCUT2D eigenvalue weighted by Gasteiger charge is -2.20. The Bertz CT molecular complexity index is 626. The maximum absolute atomic E-state index is 12.3. The van der Waals surface area contributed by atoms with E-state index in [1.165, 1.54) is 25.1 Å². The van der Waals surface area contributed by atoms with Gasteiger partial charge in [0.1, 0.15) is 12.1 Å². The van der Waals surface area contributed by atoms with E-state index in [4.69, 9.17) is 33.2 Å². The molecule has 124 valence electrons. The van der Waals surface area contributed by atoms with Gasteiger partial charge in [-0.15, -0.1) is 0 Å². The van der Waals surface area contributed by atoms with Crippen molar-refractivity contribution in [3.8, 4) is 6.07 Å². The van der Waals surface area contributed by atoms with E-state index in [-0.39, 0.29) is 16.5 Å². The van der Waals surface area contributed by atoms with Crippen molar-refractivity contribution >= 4 is 35.1 Å². The molecule has 7 heteroatoms. The monoisotopic (exact) mass is 356 g/mol. The molecule has 1 N–H and O–H groups in total.